The zero-order valence-electron chi connectivity index (χ0n) is 16.4. The van der Waals surface area contributed by atoms with Crippen LogP contribution in [0.1, 0.15) is 50.4 Å². The Morgan fingerprint density at radius 2 is 2.15 bits per heavy atom. The molecule has 1 aliphatic carbocycles. The number of aryl methyl sites for hydroxylation is 2. The average molecular weight is 404 g/mol. The molecule has 0 fully saturated rings. The lowest BCUT2D eigenvalue weighted by atomic mass is 9.89. The highest BCUT2D eigenvalue weighted by atomic mass is 32.2. The third-order valence-electron chi connectivity index (χ3n) is 4.78. The summed E-state index contributed by atoms with van der Waals surface area (Å²) in [6.07, 6.45) is 3.42. The largest absolute Gasteiger partial charge is 0.351 e. The smallest absolute Gasteiger partial charge is 0.230 e. The molecule has 1 aliphatic rings. The van der Waals surface area contributed by atoms with Crippen LogP contribution in [0.5, 0.6) is 0 Å². The average Bonchev–Trinajstić information content (AvgIpc) is 3.11. The van der Waals surface area contributed by atoms with E-state index in [1.807, 2.05) is 32.1 Å². The summed E-state index contributed by atoms with van der Waals surface area (Å²) in [4.78, 5) is 19.5. The molecule has 0 spiro atoms. The zero-order valence-corrected chi connectivity index (χ0v) is 18.1. The second-order valence-electron chi connectivity index (χ2n) is 8.42. The molecule has 1 amide bonds. The Labute approximate surface area is 167 Å². The van der Waals surface area contributed by atoms with Crippen molar-refractivity contribution in [2.24, 2.45) is 5.92 Å². The van der Waals surface area contributed by atoms with Crippen molar-refractivity contribution in [1.29, 1.82) is 0 Å². The first-order chi connectivity index (χ1) is 12.7. The molecule has 3 aromatic rings. The van der Waals surface area contributed by atoms with Gasteiger partial charge in [-0.25, -0.2) is 4.98 Å². The monoisotopic (exact) mass is 403 g/mol. The van der Waals surface area contributed by atoms with Gasteiger partial charge in [-0.1, -0.05) is 18.7 Å². The summed E-state index contributed by atoms with van der Waals surface area (Å²) in [6, 6.07) is 0. The number of thioether (sulfide) groups is 1. The number of nitrogens with zero attached hydrogens (tertiary/aromatic N) is 4. The molecule has 0 bridgehead atoms. The number of thiophene rings is 1. The van der Waals surface area contributed by atoms with Crippen LogP contribution in [0, 0.1) is 12.8 Å². The SMILES string of the molecule is Cc1nc2sc3c(c2c2nnc(SCC(=O)NC(C)(C)C)n12)CC[C@@H](C)C3. The van der Waals surface area contributed by atoms with E-state index in [4.69, 9.17) is 4.98 Å². The number of hydrogen-bond donors (Lipinski definition) is 1. The van der Waals surface area contributed by atoms with E-state index < -0.39 is 0 Å². The summed E-state index contributed by atoms with van der Waals surface area (Å²) in [5, 5.41) is 13.7. The standard InChI is InChI=1S/C19H25N5OS2/c1-10-6-7-12-13(8-10)27-17-15(12)16-22-23-18(24(16)11(2)20-17)26-9-14(25)21-19(3,4)5/h10H,6-9H2,1-5H3,(H,21,25)/t10-/m1/s1. The number of carbonyl (C=O) groups is 1. The molecule has 3 aromatic heterocycles. The van der Waals surface area contributed by atoms with Gasteiger partial charge < -0.3 is 5.32 Å². The van der Waals surface area contributed by atoms with Crippen molar-refractivity contribution in [1.82, 2.24) is 24.9 Å². The van der Waals surface area contributed by atoms with E-state index in [2.05, 4.69) is 22.4 Å². The van der Waals surface area contributed by atoms with Gasteiger partial charge in [0.05, 0.1) is 11.1 Å². The molecule has 0 radical (unpaired) electrons. The van der Waals surface area contributed by atoms with Crippen LogP contribution >= 0.6 is 23.1 Å². The van der Waals surface area contributed by atoms with Gasteiger partial charge in [0.2, 0.25) is 5.91 Å². The molecule has 1 atom stereocenters. The summed E-state index contributed by atoms with van der Waals surface area (Å²) >= 11 is 3.21. The van der Waals surface area contributed by atoms with Crippen molar-refractivity contribution < 1.29 is 4.79 Å². The molecule has 4 rings (SSSR count). The maximum Gasteiger partial charge on any atom is 0.230 e. The van der Waals surface area contributed by atoms with Crippen LogP contribution in [0.2, 0.25) is 0 Å². The van der Waals surface area contributed by atoms with Crippen LogP contribution in [0.15, 0.2) is 5.16 Å². The molecular weight excluding hydrogens is 378 g/mol. The quantitative estimate of drug-likeness (QED) is 0.674. The van der Waals surface area contributed by atoms with Crippen molar-refractivity contribution in [2.45, 2.75) is 64.6 Å². The van der Waals surface area contributed by atoms with Crippen LogP contribution in [-0.4, -0.2) is 36.8 Å². The minimum Gasteiger partial charge on any atom is -0.351 e. The van der Waals surface area contributed by atoms with Gasteiger partial charge in [-0.15, -0.1) is 21.5 Å². The first-order valence-electron chi connectivity index (χ1n) is 9.32. The molecule has 27 heavy (non-hydrogen) atoms. The number of carbonyl (C=O) groups excluding carboxylic acids is 1. The lowest BCUT2D eigenvalue weighted by molar-refractivity contribution is -0.119. The minimum absolute atomic E-state index is 0.00200. The minimum atomic E-state index is -0.235. The number of amides is 1. The normalized spacial score (nSPS) is 17.4. The van der Waals surface area contributed by atoms with E-state index in [-0.39, 0.29) is 11.4 Å². The molecule has 0 saturated heterocycles. The van der Waals surface area contributed by atoms with E-state index in [0.29, 0.717) is 5.75 Å². The molecule has 6 nitrogen and oxygen atoms in total. The third-order valence-corrected chi connectivity index (χ3v) is 6.86. The molecule has 8 heteroatoms. The molecule has 3 heterocycles. The molecule has 0 aliphatic heterocycles. The zero-order chi connectivity index (χ0) is 19.3. The Morgan fingerprint density at radius 3 is 2.89 bits per heavy atom. The number of fused-ring (bicyclic) bond motifs is 5. The lowest BCUT2D eigenvalue weighted by Crippen LogP contribution is -2.41. The highest BCUT2D eigenvalue weighted by Gasteiger charge is 2.25. The van der Waals surface area contributed by atoms with Crippen LogP contribution in [0.25, 0.3) is 15.9 Å². The second-order valence-corrected chi connectivity index (χ2v) is 10.4. The summed E-state index contributed by atoms with van der Waals surface area (Å²) in [5.74, 6) is 1.91. The number of rotatable bonds is 3. The maximum atomic E-state index is 12.2. The van der Waals surface area contributed by atoms with Crippen molar-refractivity contribution in [3.63, 3.8) is 0 Å². The fourth-order valence-electron chi connectivity index (χ4n) is 3.64. The van der Waals surface area contributed by atoms with Crippen LogP contribution in [-0.2, 0) is 17.6 Å². The van der Waals surface area contributed by atoms with Gasteiger partial charge in [0.1, 0.15) is 10.7 Å². The van der Waals surface area contributed by atoms with Gasteiger partial charge in [-0.2, -0.15) is 0 Å². The van der Waals surface area contributed by atoms with Crippen molar-refractivity contribution in [3.05, 3.63) is 16.3 Å². The molecule has 0 saturated carbocycles. The van der Waals surface area contributed by atoms with Gasteiger partial charge in [0.25, 0.3) is 0 Å². The topological polar surface area (TPSA) is 72.2 Å². The molecule has 144 valence electrons. The van der Waals surface area contributed by atoms with Crippen molar-refractivity contribution >= 4 is 44.9 Å². The first kappa shape index (κ1) is 18.7. The Morgan fingerprint density at radius 1 is 1.37 bits per heavy atom. The number of aromatic nitrogens is 4. The molecule has 0 unspecified atom stereocenters. The fourth-order valence-corrected chi connectivity index (χ4v) is 5.85. The summed E-state index contributed by atoms with van der Waals surface area (Å²) in [6.45, 7) is 10.2. The lowest BCUT2D eigenvalue weighted by Gasteiger charge is -2.20. The summed E-state index contributed by atoms with van der Waals surface area (Å²) in [5.41, 5.74) is 2.05. The predicted molar refractivity (Wildman–Crippen MR) is 111 cm³/mol. The first-order valence-corrected chi connectivity index (χ1v) is 11.1. The van der Waals surface area contributed by atoms with Gasteiger partial charge >= 0.3 is 0 Å². The predicted octanol–water partition coefficient (Wildman–Crippen LogP) is 3.78. The third kappa shape index (κ3) is 3.57. The van der Waals surface area contributed by atoms with E-state index >= 15 is 0 Å². The Hall–Kier alpha value is -1.67. The van der Waals surface area contributed by atoms with E-state index in [9.17, 15) is 4.79 Å². The fraction of sp³-hybridized carbons (Fsp3) is 0.579. The van der Waals surface area contributed by atoms with Crippen LogP contribution in [0.3, 0.4) is 0 Å². The van der Waals surface area contributed by atoms with E-state index in [1.165, 1.54) is 28.6 Å². The van der Waals surface area contributed by atoms with E-state index in [0.717, 1.165) is 45.6 Å². The Bertz CT molecular complexity index is 1030. The molecule has 1 N–H and O–H groups in total. The Kier molecular flexibility index (Phi) is 4.66. The number of nitrogens with one attached hydrogen (secondary N) is 1. The van der Waals surface area contributed by atoms with Crippen LogP contribution in [0.4, 0.5) is 0 Å². The summed E-state index contributed by atoms with van der Waals surface area (Å²) in [7, 11) is 0. The summed E-state index contributed by atoms with van der Waals surface area (Å²) < 4.78 is 2.00. The molecular formula is C19H25N5OS2. The van der Waals surface area contributed by atoms with Gasteiger partial charge in [-0.05, 0) is 58.4 Å². The highest BCUT2D eigenvalue weighted by Crippen LogP contribution is 2.39. The maximum absolute atomic E-state index is 12.2. The van der Waals surface area contributed by atoms with Gasteiger partial charge in [0.15, 0.2) is 10.8 Å². The van der Waals surface area contributed by atoms with Gasteiger partial charge in [0, 0.05) is 10.4 Å². The van der Waals surface area contributed by atoms with E-state index in [1.54, 1.807) is 11.3 Å². The van der Waals surface area contributed by atoms with Crippen molar-refractivity contribution in [3.8, 4) is 0 Å². The Balaban J connectivity index is 1.70. The second kappa shape index (κ2) is 6.74. The highest BCUT2D eigenvalue weighted by molar-refractivity contribution is 7.99. The van der Waals surface area contributed by atoms with Crippen LogP contribution < -0.4 is 5.32 Å². The molecule has 0 aromatic carbocycles. The van der Waals surface area contributed by atoms with Crippen molar-refractivity contribution in [2.75, 3.05) is 5.75 Å². The van der Waals surface area contributed by atoms with Gasteiger partial charge in [-0.3, -0.25) is 9.20 Å². The number of hydrogen-bond acceptors (Lipinski definition) is 6.